The summed E-state index contributed by atoms with van der Waals surface area (Å²) in [6, 6.07) is 10.7. The van der Waals surface area contributed by atoms with Gasteiger partial charge in [0.15, 0.2) is 0 Å². The third-order valence-electron chi connectivity index (χ3n) is 2.03. The van der Waals surface area contributed by atoms with Crippen molar-refractivity contribution in [1.29, 1.82) is 0 Å². The number of likely N-dealkylation sites (N-methyl/N-ethyl adjacent to an activating group) is 1. The van der Waals surface area contributed by atoms with Crippen molar-refractivity contribution in [2.75, 3.05) is 13.2 Å². The summed E-state index contributed by atoms with van der Waals surface area (Å²) in [7, 11) is 0. The Morgan fingerprint density at radius 1 is 1.29 bits per heavy atom. The second-order valence-corrected chi connectivity index (χ2v) is 3.46. The molecule has 0 amide bonds. The lowest BCUT2D eigenvalue weighted by Crippen LogP contribution is -2.30. The van der Waals surface area contributed by atoms with Gasteiger partial charge in [0.05, 0.1) is 13.2 Å². The smallest absolute Gasteiger partial charge is 0.0717 e. The predicted molar refractivity (Wildman–Crippen MR) is 59.2 cm³/mol. The van der Waals surface area contributed by atoms with Crippen LogP contribution in [0.5, 0.6) is 0 Å². The van der Waals surface area contributed by atoms with Gasteiger partial charge in [0.2, 0.25) is 0 Å². The number of rotatable bonds is 6. The monoisotopic (exact) mass is 193 g/mol. The highest BCUT2D eigenvalue weighted by Crippen LogP contribution is 2.00. The van der Waals surface area contributed by atoms with E-state index in [2.05, 4.69) is 31.3 Å². The second kappa shape index (κ2) is 6.57. The van der Waals surface area contributed by atoms with Crippen LogP contribution in [-0.2, 0) is 11.3 Å². The van der Waals surface area contributed by atoms with Gasteiger partial charge in [0.25, 0.3) is 0 Å². The van der Waals surface area contributed by atoms with Crippen molar-refractivity contribution in [2.45, 2.75) is 26.5 Å². The highest BCUT2D eigenvalue weighted by molar-refractivity contribution is 5.13. The number of nitrogens with one attached hydrogen (secondary N) is 1. The van der Waals surface area contributed by atoms with E-state index in [9.17, 15) is 0 Å². The van der Waals surface area contributed by atoms with E-state index in [0.717, 1.165) is 13.2 Å². The van der Waals surface area contributed by atoms with Gasteiger partial charge >= 0.3 is 0 Å². The number of hydrogen-bond donors (Lipinski definition) is 1. The first-order chi connectivity index (χ1) is 6.83. The van der Waals surface area contributed by atoms with Crippen LogP contribution >= 0.6 is 0 Å². The van der Waals surface area contributed by atoms with Crippen LogP contribution in [0.2, 0.25) is 0 Å². The zero-order valence-electron chi connectivity index (χ0n) is 8.99. The summed E-state index contributed by atoms with van der Waals surface area (Å²) in [5, 5.41) is 3.31. The Hall–Kier alpha value is -0.860. The van der Waals surface area contributed by atoms with E-state index in [-0.39, 0.29) is 0 Å². The number of benzene rings is 1. The maximum Gasteiger partial charge on any atom is 0.0717 e. The maximum atomic E-state index is 5.57. The largest absolute Gasteiger partial charge is 0.375 e. The lowest BCUT2D eigenvalue weighted by molar-refractivity contribution is 0.103. The van der Waals surface area contributed by atoms with E-state index in [1.807, 2.05) is 18.2 Å². The molecule has 0 aliphatic rings. The summed E-state index contributed by atoms with van der Waals surface area (Å²) in [5.41, 5.74) is 1.23. The van der Waals surface area contributed by atoms with Crippen LogP contribution < -0.4 is 5.32 Å². The quantitative estimate of drug-likeness (QED) is 0.748. The highest BCUT2D eigenvalue weighted by atomic mass is 16.5. The average molecular weight is 193 g/mol. The molecule has 2 nitrogen and oxygen atoms in total. The molecule has 0 bridgehead atoms. The molecule has 1 N–H and O–H groups in total. The lowest BCUT2D eigenvalue weighted by Gasteiger charge is -2.12. The first-order valence-electron chi connectivity index (χ1n) is 5.18. The molecule has 1 aromatic rings. The van der Waals surface area contributed by atoms with Crippen molar-refractivity contribution in [3.8, 4) is 0 Å². The molecule has 1 unspecified atom stereocenters. The first kappa shape index (κ1) is 11.2. The molecular weight excluding hydrogens is 174 g/mol. The zero-order valence-corrected chi connectivity index (χ0v) is 8.99. The molecule has 2 heteroatoms. The molecular formula is C12H19NO. The van der Waals surface area contributed by atoms with Gasteiger partial charge in [0, 0.05) is 6.04 Å². The summed E-state index contributed by atoms with van der Waals surface area (Å²) in [4.78, 5) is 0. The molecule has 0 aromatic heterocycles. The minimum Gasteiger partial charge on any atom is -0.375 e. The van der Waals surface area contributed by atoms with Gasteiger partial charge in [-0.2, -0.15) is 0 Å². The molecule has 0 saturated carbocycles. The normalized spacial score (nSPS) is 12.7. The van der Waals surface area contributed by atoms with Crippen molar-refractivity contribution < 1.29 is 4.74 Å². The van der Waals surface area contributed by atoms with Gasteiger partial charge in [-0.05, 0) is 19.0 Å². The fraction of sp³-hybridized carbons (Fsp3) is 0.500. The molecule has 0 radical (unpaired) electrons. The lowest BCUT2D eigenvalue weighted by atomic mass is 10.2. The first-order valence-corrected chi connectivity index (χ1v) is 5.18. The summed E-state index contributed by atoms with van der Waals surface area (Å²) in [5.74, 6) is 0. The summed E-state index contributed by atoms with van der Waals surface area (Å²) < 4.78 is 5.57. The van der Waals surface area contributed by atoms with Crippen LogP contribution in [-0.4, -0.2) is 19.2 Å². The Bertz CT molecular complexity index is 235. The number of hydrogen-bond acceptors (Lipinski definition) is 2. The van der Waals surface area contributed by atoms with E-state index in [4.69, 9.17) is 4.74 Å². The molecule has 0 aliphatic heterocycles. The van der Waals surface area contributed by atoms with E-state index in [1.54, 1.807) is 0 Å². The van der Waals surface area contributed by atoms with Gasteiger partial charge in [-0.25, -0.2) is 0 Å². The van der Waals surface area contributed by atoms with E-state index >= 15 is 0 Å². The molecule has 0 fully saturated rings. The SMILES string of the molecule is CCNC(C)COCc1ccccc1. The Morgan fingerprint density at radius 3 is 2.64 bits per heavy atom. The second-order valence-electron chi connectivity index (χ2n) is 3.46. The predicted octanol–water partition coefficient (Wildman–Crippen LogP) is 2.20. The van der Waals surface area contributed by atoms with Crippen LogP contribution in [0.3, 0.4) is 0 Å². The van der Waals surface area contributed by atoms with Crippen molar-refractivity contribution in [3.05, 3.63) is 35.9 Å². The Balaban J connectivity index is 2.16. The fourth-order valence-corrected chi connectivity index (χ4v) is 1.34. The van der Waals surface area contributed by atoms with Gasteiger partial charge in [-0.1, -0.05) is 37.3 Å². The van der Waals surface area contributed by atoms with Crippen LogP contribution in [0.1, 0.15) is 19.4 Å². The van der Waals surface area contributed by atoms with Crippen LogP contribution in [0.15, 0.2) is 30.3 Å². The van der Waals surface area contributed by atoms with Crippen LogP contribution in [0, 0.1) is 0 Å². The standard InChI is InChI=1S/C12H19NO/c1-3-13-11(2)9-14-10-12-7-5-4-6-8-12/h4-8,11,13H,3,9-10H2,1-2H3. The maximum absolute atomic E-state index is 5.57. The van der Waals surface area contributed by atoms with Gasteiger partial charge in [-0.15, -0.1) is 0 Å². The van der Waals surface area contributed by atoms with Gasteiger partial charge in [0.1, 0.15) is 0 Å². The van der Waals surface area contributed by atoms with Crippen LogP contribution in [0.25, 0.3) is 0 Å². The third-order valence-corrected chi connectivity index (χ3v) is 2.03. The minimum absolute atomic E-state index is 0.434. The minimum atomic E-state index is 0.434. The topological polar surface area (TPSA) is 21.3 Å². The Kier molecular flexibility index (Phi) is 5.27. The fourth-order valence-electron chi connectivity index (χ4n) is 1.34. The summed E-state index contributed by atoms with van der Waals surface area (Å²) in [6.07, 6.45) is 0. The zero-order chi connectivity index (χ0) is 10.2. The molecule has 0 spiro atoms. The number of ether oxygens (including phenoxy) is 1. The van der Waals surface area contributed by atoms with Crippen molar-refractivity contribution in [2.24, 2.45) is 0 Å². The van der Waals surface area contributed by atoms with Crippen molar-refractivity contribution >= 4 is 0 Å². The van der Waals surface area contributed by atoms with Crippen molar-refractivity contribution in [3.63, 3.8) is 0 Å². The third kappa shape index (κ3) is 4.40. The average Bonchev–Trinajstić information content (AvgIpc) is 2.20. The van der Waals surface area contributed by atoms with E-state index in [0.29, 0.717) is 12.6 Å². The van der Waals surface area contributed by atoms with E-state index in [1.165, 1.54) is 5.56 Å². The molecule has 1 atom stereocenters. The molecule has 14 heavy (non-hydrogen) atoms. The molecule has 0 heterocycles. The summed E-state index contributed by atoms with van der Waals surface area (Å²) >= 11 is 0. The Morgan fingerprint density at radius 2 is 2.00 bits per heavy atom. The highest BCUT2D eigenvalue weighted by Gasteiger charge is 1.99. The Labute approximate surface area is 86.3 Å². The molecule has 1 rings (SSSR count). The molecule has 1 aromatic carbocycles. The molecule has 78 valence electrons. The van der Waals surface area contributed by atoms with Gasteiger partial charge in [-0.3, -0.25) is 0 Å². The van der Waals surface area contributed by atoms with E-state index < -0.39 is 0 Å². The molecule has 0 saturated heterocycles. The molecule has 0 aliphatic carbocycles. The van der Waals surface area contributed by atoms with Crippen molar-refractivity contribution in [1.82, 2.24) is 5.32 Å². The van der Waals surface area contributed by atoms with Gasteiger partial charge < -0.3 is 10.1 Å². The van der Waals surface area contributed by atoms with Crippen LogP contribution in [0.4, 0.5) is 0 Å². The summed E-state index contributed by atoms with van der Waals surface area (Å²) in [6.45, 7) is 6.71.